The molecule has 0 saturated carbocycles. The van der Waals surface area contributed by atoms with Gasteiger partial charge in [0.05, 0.1) is 12.2 Å². The molecule has 0 radical (unpaired) electrons. The van der Waals surface area contributed by atoms with E-state index in [2.05, 4.69) is 31.1 Å². The molecule has 0 unspecified atom stereocenters. The number of rotatable bonds is 3. The Labute approximate surface area is 113 Å². The van der Waals surface area contributed by atoms with Crippen molar-refractivity contribution in [3.8, 4) is 0 Å². The lowest BCUT2D eigenvalue weighted by molar-refractivity contribution is -0.122. The molecule has 0 aromatic carbocycles. The van der Waals surface area contributed by atoms with Gasteiger partial charge in [-0.2, -0.15) is 0 Å². The summed E-state index contributed by atoms with van der Waals surface area (Å²) in [4.78, 5) is 16.3. The molecule has 0 aliphatic heterocycles. The Bertz CT molecular complexity index is 593. The number of aryl methyl sites for hydroxylation is 1. The van der Waals surface area contributed by atoms with Crippen molar-refractivity contribution in [2.75, 3.05) is 0 Å². The zero-order valence-corrected chi connectivity index (χ0v) is 12.0. The number of amides is 1. The molecule has 4 heteroatoms. The summed E-state index contributed by atoms with van der Waals surface area (Å²) in [7, 11) is 0. The van der Waals surface area contributed by atoms with Gasteiger partial charge >= 0.3 is 0 Å². The molecular formula is C15H21N3O. The lowest BCUT2D eigenvalue weighted by Gasteiger charge is -2.16. The summed E-state index contributed by atoms with van der Waals surface area (Å²) in [5.41, 5.74) is 2.98. The Morgan fingerprint density at radius 2 is 2.16 bits per heavy atom. The summed E-state index contributed by atoms with van der Waals surface area (Å²) < 4.78 is 1.99. The van der Waals surface area contributed by atoms with Crippen LogP contribution in [0.1, 0.15) is 38.4 Å². The fourth-order valence-electron chi connectivity index (χ4n) is 2.02. The third-order valence-electron chi connectivity index (χ3n) is 2.89. The summed E-state index contributed by atoms with van der Waals surface area (Å²) in [5.74, 6) is 0.0706. The van der Waals surface area contributed by atoms with Crippen molar-refractivity contribution in [1.29, 1.82) is 0 Å². The fourth-order valence-corrected chi connectivity index (χ4v) is 2.02. The summed E-state index contributed by atoms with van der Waals surface area (Å²) in [5, 5.41) is 2.92. The van der Waals surface area contributed by atoms with Gasteiger partial charge in [0.25, 0.3) is 0 Å². The van der Waals surface area contributed by atoms with Crippen molar-refractivity contribution >= 4 is 11.6 Å². The lowest BCUT2D eigenvalue weighted by atomic mass is 9.92. The van der Waals surface area contributed by atoms with Gasteiger partial charge in [0.1, 0.15) is 5.65 Å². The normalized spacial score (nSPS) is 11.8. The van der Waals surface area contributed by atoms with Crippen molar-refractivity contribution in [3.63, 3.8) is 0 Å². The van der Waals surface area contributed by atoms with E-state index in [0.29, 0.717) is 13.0 Å². The van der Waals surface area contributed by atoms with Crippen molar-refractivity contribution < 1.29 is 4.79 Å². The van der Waals surface area contributed by atoms with Gasteiger partial charge < -0.3 is 9.72 Å². The van der Waals surface area contributed by atoms with Crippen LogP contribution in [0.3, 0.4) is 0 Å². The van der Waals surface area contributed by atoms with E-state index in [1.807, 2.05) is 35.9 Å². The number of fused-ring (bicyclic) bond motifs is 1. The smallest absolute Gasteiger partial charge is 0.220 e. The van der Waals surface area contributed by atoms with Gasteiger partial charge in [-0.15, -0.1) is 0 Å². The van der Waals surface area contributed by atoms with Gasteiger partial charge in [0.15, 0.2) is 0 Å². The van der Waals surface area contributed by atoms with Gasteiger partial charge in [0, 0.05) is 18.8 Å². The molecule has 1 N–H and O–H groups in total. The SMILES string of the molecule is Cc1cccn2cc(CNC(=O)CC(C)(C)C)nc12. The third-order valence-corrected chi connectivity index (χ3v) is 2.89. The first-order valence-corrected chi connectivity index (χ1v) is 6.55. The van der Waals surface area contributed by atoms with Crippen LogP contribution in [0.25, 0.3) is 5.65 Å². The highest BCUT2D eigenvalue weighted by Crippen LogP contribution is 2.18. The average Bonchev–Trinajstić information content (AvgIpc) is 2.68. The Kier molecular flexibility index (Phi) is 3.60. The zero-order valence-electron chi connectivity index (χ0n) is 12.0. The van der Waals surface area contributed by atoms with E-state index in [-0.39, 0.29) is 11.3 Å². The molecule has 4 nitrogen and oxygen atoms in total. The van der Waals surface area contributed by atoms with Crippen LogP contribution >= 0.6 is 0 Å². The molecule has 2 aromatic rings. The first kappa shape index (κ1) is 13.6. The van der Waals surface area contributed by atoms with E-state index in [0.717, 1.165) is 16.9 Å². The molecule has 0 fully saturated rings. The van der Waals surface area contributed by atoms with Crippen molar-refractivity contribution in [2.24, 2.45) is 5.41 Å². The maximum Gasteiger partial charge on any atom is 0.220 e. The molecule has 0 spiro atoms. The van der Waals surface area contributed by atoms with E-state index in [9.17, 15) is 4.79 Å². The Morgan fingerprint density at radius 3 is 2.79 bits per heavy atom. The number of nitrogens with zero attached hydrogens (tertiary/aromatic N) is 2. The van der Waals surface area contributed by atoms with Crippen LogP contribution in [0, 0.1) is 12.3 Å². The second-order valence-corrected chi connectivity index (χ2v) is 6.17. The van der Waals surface area contributed by atoms with Crippen LogP contribution in [-0.4, -0.2) is 15.3 Å². The largest absolute Gasteiger partial charge is 0.350 e. The maximum absolute atomic E-state index is 11.8. The summed E-state index contributed by atoms with van der Waals surface area (Å²) in [6, 6.07) is 4.02. The number of pyridine rings is 1. The minimum absolute atomic E-state index is 0.0135. The van der Waals surface area contributed by atoms with Gasteiger partial charge in [0.2, 0.25) is 5.91 Å². The van der Waals surface area contributed by atoms with Crippen molar-refractivity contribution in [1.82, 2.24) is 14.7 Å². The molecule has 2 heterocycles. The highest BCUT2D eigenvalue weighted by Gasteiger charge is 2.15. The van der Waals surface area contributed by atoms with E-state index in [4.69, 9.17) is 0 Å². The van der Waals surface area contributed by atoms with Crippen LogP contribution in [0.2, 0.25) is 0 Å². The van der Waals surface area contributed by atoms with Crippen LogP contribution in [0.4, 0.5) is 0 Å². The number of hydrogen-bond acceptors (Lipinski definition) is 2. The average molecular weight is 259 g/mol. The summed E-state index contributed by atoms with van der Waals surface area (Å²) in [6.45, 7) is 8.68. The summed E-state index contributed by atoms with van der Waals surface area (Å²) >= 11 is 0. The zero-order chi connectivity index (χ0) is 14.0. The third kappa shape index (κ3) is 3.56. The van der Waals surface area contributed by atoms with Crippen molar-refractivity contribution in [3.05, 3.63) is 35.8 Å². The first-order chi connectivity index (χ1) is 8.85. The predicted molar refractivity (Wildman–Crippen MR) is 75.8 cm³/mol. The van der Waals surface area contributed by atoms with E-state index >= 15 is 0 Å². The molecule has 0 bridgehead atoms. The molecule has 1 amide bonds. The number of imidazole rings is 1. The number of hydrogen-bond donors (Lipinski definition) is 1. The Balaban J connectivity index is 2.02. The highest BCUT2D eigenvalue weighted by molar-refractivity contribution is 5.76. The van der Waals surface area contributed by atoms with Crippen LogP contribution in [0.5, 0.6) is 0 Å². The molecule has 19 heavy (non-hydrogen) atoms. The monoisotopic (exact) mass is 259 g/mol. The number of carbonyl (C=O) groups excluding carboxylic acids is 1. The Hall–Kier alpha value is -1.84. The molecule has 102 valence electrons. The van der Waals surface area contributed by atoms with E-state index in [1.165, 1.54) is 0 Å². The highest BCUT2D eigenvalue weighted by atomic mass is 16.1. The molecule has 0 aliphatic carbocycles. The molecular weight excluding hydrogens is 238 g/mol. The minimum atomic E-state index is 0.0135. The molecule has 0 aliphatic rings. The quantitative estimate of drug-likeness (QED) is 0.921. The molecule has 2 rings (SSSR count). The van der Waals surface area contributed by atoms with Crippen LogP contribution < -0.4 is 5.32 Å². The summed E-state index contributed by atoms with van der Waals surface area (Å²) in [6.07, 6.45) is 4.45. The standard InChI is InChI=1S/C15H21N3O/c1-11-6-5-7-18-10-12(17-14(11)18)9-16-13(19)8-15(2,3)4/h5-7,10H,8-9H2,1-4H3,(H,16,19). The van der Waals surface area contributed by atoms with E-state index < -0.39 is 0 Å². The van der Waals surface area contributed by atoms with Crippen LogP contribution in [0.15, 0.2) is 24.5 Å². The van der Waals surface area contributed by atoms with Crippen molar-refractivity contribution in [2.45, 2.75) is 40.7 Å². The van der Waals surface area contributed by atoms with Gasteiger partial charge in [-0.25, -0.2) is 4.98 Å². The second kappa shape index (κ2) is 5.03. The number of carbonyl (C=O) groups is 1. The van der Waals surface area contributed by atoms with Gasteiger partial charge in [-0.3, -0.25) is 4.79 Å². The molecule has 0 saturated heterocycles. The van der Waals surface area contributed by atoms with E-state index in [1.54, 1.807) is 0 Å². The maximum atomic E-state index is 11.8. The lowest BCUT2D eigenvalue weighted by Crippen LogP contribution is -2.27. The topological polar surface area (TPSA) is 46.4 Å². The van der Waals surface area contributed by atoms with Gasteiger partial charge in [-0.05, 0) is 24.0 Å². The molecule has 0 atom stereocenters. The molecule has 2 aromatic heterocycles. The van der Waals surface area contributed by atoms with Crippen LogP contribution in [-0.2, 0) is 11.3 Å². The predicted octanol–water partition coefficient (Wildman–Crippen LogP) is 2.70. The second-order valence-electron chi connectivity index (χ2n) is 6.17. The number of aromatic nitrogens is 2. The fraction of sp³-hybridized carbons (Fsp3) is 0.467. The minimum Gasteiger partial charge on any atom is -0.350 e. The first-order valence-electron chi connectivity index (χ1n) is 6.55. The van der Waals surface area contributed by atoms with Gasteiger partial charge in [-0.1, -0.05) is 26.8 Å². The number of nitrogens with one attached hydrogen (secondary N) is 1. The Morgan fingerprint density at radius 1 is 1.42 bits per heavy atom.